The largest absolute Gasteiger partial charge is 0.391 e. The van der Waals surface area contributed by atoms with Gasteiger partial charge in [-0.1, -0.05) is 0 Å². The first-order valence-corrected chi connectivity index (χ1v) is 3.16. The lowest BCUT2D eigenvalue weighted by molar-refractivity contribution is -0.183. The average Bonchev–Trinajstić information content (AvgIpc) is 2.04. The van der Waals surface area contributed by atoms with Crippen LogP contribution in [0.1, 0.15) is 6.42 Å². The fourth-order valence-corrected chi connectivity index (χ4v) is 0.356. The minimum atomic E-state index is -1.20. The molecule has 5 heteroatoms. The third-order valence-corrected chi connectivity index (χ3v) is 0.858. The molecule has 0 heterocycles. The molecule has 0 fully saturated rings. The Kier molecular flexibility index (Phi) is 6.98. The maximum atomic E-state index is 8.60. The summed E-state index contributed by atoms with van der Waals surface area (Å²) in [5, 5.41) is 24.9. The van der Waals surface area contributed by atoms with Crippen LogP contribution in [-0.2, 0) is 9.47 Å². The number of nitriles is 1. The van der Waals surface area contributed by atoms with Crippen LogP contribution >= 0.6 is 0 Å². The molecule has 11 heavy (non-hydrogen) atoms. The molecule has 0 aliphatic rings. The van der Waals surface area contributed by atoms with Crippen molar-refractivity contribution in [3.8, 4) is 6.07 Å². The molecule has 0 aromatic carbocycles. The van der Waals surface area contributed by atoms with Gasteiger partial charge in [-0.3, -0.25) is 0 Å². The van der Waals surface area contributed by atoms with Gasteiger partial charge in [0, 0.05) is 0 Å². The third-order valence-electron chi connectivity index (χ3n) is 0.858. The molecule has 0 amide bonds. The van der Waals surface area contributed by atoms with Gasteiger partial charge in [0.1, 0.15) is 6.79 Å². The summed E-state index contributed by atoms with van der Waals surface area (Å²) in [5.41, 5.74) is 0. The van der Waals surface area contributed by atoms with E-state index in [9.17, 15) is 0 Å². The van der Waals surface area contributed by atoms with Crippen molar-refractivity contribution >= 4 is 0 Å². The monoisotopic (exact) mass is 161 g/mol. The standard InChI is InChI=1S/C6H11NO4/c7-2-1-3-10-5-11-6(9)4-8/h6,8-9H,1,3-5H2. The molecule has 0 bridgehead atoms. The molecule has 0 radical (unpaired) electrons. The van der Waals surface area contributed by atoms with Gasteiger partial charge in [-0.05, 0) is 0 Å². The fourth-order valence-electron chi connectivity index (χ4n) is 0.356. The van der Waals surface area contributed by atoms with Crippen molar-refractivity contribution in [3.05, 3.63) is 0 Å². The van der Waals surface area contributed by atoms with E-state index in [0.717, 1.165) is 0 Å². The lowest BCUT2D eigenvalue weighted by Crippen LogP contribution is -2.18. The van der Waals surface area contributed by atoms with Gasteiger partial charge < -0.3 is 19.7 Å². The molecule has 0 saturated heterocycles. The van der Waals surface area contributed by atoms with Gasteiger partial charge in [-0.15, -0.1) is 0 Å². The van der Waals surface area contributed by atoms with E-state index in [-0.39, 0.29) is 13.4 Å². The lowest BCUT2D eigenvalue weighted by Gasteiger charge is -2.07. The van der Waals surface area contributed by atoms with Crippen LogP contribution in [0.5, 0.6) is 0 Å². The zero-order valence-corrected chi connectivity index (χ0v) is 6.06. The van der Waals surface area contributed by atoms with Crippen LogP contribution in [0.3, 0.4) is 0 Å². The second-order valence-corrected chi connectivity index (χ2v) is 1.74. The summed E-state index contributed by atoms with van der Waals surface area (Å²) in [7, 11) is 0. The van der Waals surface area contributed by atoms with E-state index in [1.807, 2.05) is 6.07 Å². The summed E-state index contributed by atoms with van der Waals surface area (Å²) in [4.78, 5) is 0. The Morgan fingerprint density at radius 1 is 1.55 bits per heavy atom. The minimum absolute atomic E-state index is 0.108. The molecule has 0 spiro atoms. The number of hydrogen-bond acceptors (Lipinski definition) is 5. The fraction of sp³-hybridized carbons (Fsp3) is 0.833. The number of ether oxygens (including phenoxy) is 2. The van der Waals surface area contributed by atoms with Gasteiger partial charge >= 0.3 is 0 Å². The van der Waals surface area contributed by atoms with E-state index < -0.39 is 12.9 Å². The van der Waals surface area contributed by atoms with Crippen LogP contribution in [0.4, 0.5) is 0 Å². The summed E-state index contributed by atoms with van der Waals surface area (Å²) >= 11 is 0. The molecule has 2 N–H and O–H groups in total. The summed E-state index contributed by atoms with van der Waals surface area (Å²) in [6, 6.07) is 1.88. The predicted octanol–water partition coefficient (Wildman–Crippen LogP) is -0.799. The molecule has 1 atom stereocenters. The highest BCUT2D eigenvalue weighted by atomic mass is 16.7. The quantitative estimate of drug-likeness (QED) is 0.393. The van der Waals surface area contributed by atoms with Gasteiger partial charge in [0.2, 0.25) is 0 Å². The Morgan fingerprint density at radius 3 is 2.82 bits per heavy atom. The molecular formula is C6H11NO4. The molecule has 1 unspecified atom stereocenters. The van der Waals surface area contributed by atoms with Crippen molar-refractivity contribution in [1.82, 2.24) is 0 Å². The van der Waals surface area contributed by atoms with Crippen LogP contribution in [0.2, 0.25) is 0 Å². The summed E-state index contributed by atoms with van der Waals surface area (Å²) in [6.07, 6.45) is -0.907. The Morgan fingerprint density at radius 2 is 2.27 bits per heavy atom. The second kappa shape index (κ2) is 7.44. The van der Waals surface area contributed by atoms with Gasteiger partial charge in [-0.25, -0.2) is 0 Å². The molecule has 0 aliphatic heterocycles. The third kappa shape index (κ3) is 7.22. The van der Waals surface area contributed by atoms with E-state index in [1.54, 1.807) is 0 Å². The first-order valence-electron chi connectivity index (χ1n) is 3.16. The Bertz CT molecular complexity index is 122. The van der Waals surface area contributed by atoms with E-state index in [2.05, 4.69) is 4.74 Å². The Hall–Kier alpha value is -0.670. The van der Waals surface area contributed by atoms with Crippen LogP contribution in [0.15, 0.2) is 0 Å². The molecule has 5 nitrogen and oxygen atoms in total. The smallest absolute Gasteiger partial charge is 0.180 e. The number of rotatable bonds is 6. The summed E-state index contributed by atoms with van der Waals surface area (Å²) in [5.74, 6) is 0. The van der Waals surface area contributed by atoms with Gasteiger partial charge in [0.15, 0.2) is 6.29 Å². The number of nitrogens with zero attached hydrogens (tertiary/aromatic N) is 1. The molecule has 0 aromatic rings. The van der Waals surface area contributed by atoms with Crippen LogP contribution < -0.4 is 0 Å². The van der Waals surface area contributed by atoms with Crippen molar-refractivity contribution in [3.63, 3.8) is 0 Å². The van der Waals surface area contributed by atoms with Crippen molar-refractivity contribution in [2.45, 2.75) is 12.7 Å². The van der Waals surface area contributed by atoms with E-state index in [0.29, 0.717) is 6.42 Å². The number of aliphatic hydroxyl groups is 2. The minimum Gasteiger partial charge on any atom is -0.391 e. The SMILES string of the molecule is N#CCCOCOC(O)CO. The van der Waals surface area contributed by atoms with Gasteiger partial charge in [-0.2, -0.15) is 5.26 Å². The van der Waals surface area contributed by atoms with Crippen molar-refractivity contribution in [2.75, 3.05) is 20.0 Å². The first kappa shape index (κ1) is 10.3. The summed E-state index contributed by atoms with van der Waals surface area (Å²) in [6.45, 7) is -0.292. The first-order chi connectivity index (χ1) is 5.31. The van der Waals surface area contributed by atoms with Gasteiger partial charge in [0.25, 0.3) is 0 Å². The van der Waals surface area contributed by atoms with E-state index >= 15 is 0 Å². The molecule has 0 aliphatic carbocycles. The van der Waals surface area contributed by atoms with E-state index in [4.69, 9.17) is 20.2 Å². The lowest BCUT2D eigenvalue weighted by atomic mass is 10.5. The maximum absolute atomic E-state index is 8.60. The highest BCUT2D eigenvalue weighted by molar-refractivity contribution is 4.66. The predicted molar refractivity (Wildman–Crippen MR) is 35.2 cm³/mol. The zero-order chi connectivity index (χ0) is 8.53. The maximum Gasteiger partial charge on any atom is 0.180 e. The molecule has 64 valence electrons. The highest BCUT2D eigenvalue weighted by Crippen LogP contribution is 1.86. The van der Waals surface area contributed by atoms with E-state index in [1.165, 1.54) is 0 Å². The molecule has 0 aromatic heterocycles. The Balaban J connectivity index is 2.97. The second-order valence-electron chi connectivity index (χ2n) is 1.74. The van der Waals surface area contributed by atoms with Crippen LogP contribution in [-0.4, -0.2) is 36.5 Å². The molecule has 0 rings (SSSR count). The highest BCUT2D eigenvalue weighted by Gasteiger charge is 1.99. The molecule has 0 saturated carbocycles. The average molecular weight is 161 g/mol. The van der Waals surface area contributed by atoms with Gasteiger partial charge in [0.05, 0.1) is 25.7 Å². The van der Waals surface area contributed by atoms with Crippen molar-refractivity contribution in [1.29, 1.82) is 5.26 Å². The van der Waals surface area contributed by atoms with Crippen LogP contribution in [0, 0.1) is 11.3 Å². The Labute approximate surface area is 64.8 Å². The number of hydrogen-bond donors (Lipinski definition) is 2. The van der Waals surface area contributed by atoms with Crippen LogP contribution in [0.25, 0.3) is 0 Å². The topological polar surface area (TPSA) is 82.7 Å². The molecular weight excluding hydrogens is 150 g/mol. The normalized spacial score (nSPS) is 12.5. The van der Waals surface area contributed by atoms with Crippen molar-refractivity contribution < 1.29 is 19.7 Å². The number of aliphatic hydroxyl groups excluding tert-OH is 2. The summed E-state index contributed by atoms with van der Waals surface area (Å²) < 4.78 is 9.24. The zero-order valence-electron chi connectivity index (χ0n) is 6.06. The van der Waals surface area contributed by atoms with Crippen molar-refractivity contribution in [2.24, 2.45) is 0 Å².